The molecule has 1 N–H and O–H groups in total. The average Bonchev–Trinajstić information content (AvgIpc) is 2.29. The fourth-order valence-corrected chi connectivity index (χ4v) is 3.10. The number of alkyl halides is 1. The van der Waals surface area contributed by atoms with Crippen LogP contribution in [0.15, 0.2) is 23.1 Å². The van der Waals surface area contributed by atoms with Crippen LogP contribution >= 0.6 is 34.8 Å². The second-order valence-electron chi connectivity index (χ2n) is 3.69. The minimum atomic E-state index is -3.64. The number of benzene rings is 1. The molecule has 0 heterocycles. The Morgan fingerprint density at radius 1 is 1.35 bits per heavy atom. The lowest BCUT2D eigenvalue weighted by atomic mass is 10.2. The summed E-state index contributed by atoms with van der Waals surface area (Å²) in [5, 5.41) is 0.459. The Bertz CT molecular complexity index is 490. The van der Waals surface area contributed by atoms with Crippen LogP contribution in [0.5, 0.6) is 0 Å². The van der Waals surface area contributed by atoms with Gasteiger partial charge in [-0.15, -0.1) is 11.6 Å². The molecule has 0 saturated heterocycles. The Kier molecular flexibility index (Phi) is 5.54. The maximum absolute atomic E-state index is 11.9. The molecule has 3 nitrogen and oxygen atoms in total. The number of halogens is 3. The molecule has 0 amide bonds. The van der Waals surface area contributed by atoms with Crippen molar-refractivity contribution in [3.63, 3.8) is 0 Å². The van der Waals surface area contributed by atoms with Gasteiger partial charge in [-0.2, -0.15) is 0 Å². The van der Waals surface area contributed by atoms with Gasteiger partial charge in [-0.25, -0.2) is 13.1 Å². The molecule has 0 bridgehead atoms. The molecule has 0 saturated carbocycles. The molecule has 1 unspecified atom stereocenters. The molecule has 0 aliphatic heterocycles. The third-order valence-corrected chi connectivity index (χ3v) is 4.74. The van der Waals surface area contributed by atoms with Gasteiger partial charge in [0.2, 0.25) is 10.0 Å². The summed E-state index contributed by atoms with van der Waals surface area (Å²) in [6.45, 7) is 2.10. The van der Waals surface area contributed by atoms with Crippen LogP contribution < -0.4 is 4.72 Å². The van der Waals surface area contributed by atoms with E-state index in [9.17, 15) is 8.42 Å². The molecule has 0 radical (unpaired) electrons. The normalized spacial score (nSPS) is 13.6. The predicted octanol–water partition coefficient (Wildman–Crippen LogP) is 3.15. The van der Waals surface area contributed by atoms with Crippen molar-refractivity contribution in [1.82, 2.24) is 4.72 Å². The lowest BCUT2D eigenvalue weighted by Crippen LogP contribution is -2.29. The van der Waals surface area contributed by atoms with E-state index in [4.69, 9.17) is 34.8 Å². The summed E-state index contributed by atoms with van der Waals surface area (Å²) >= 11 is 17.2. The first-order chi connectivity index (χ1) is 7.86. The molecule has 0 aliphatic rings. The van der Waals surface area contributed by atoms with Gasteiger partial charge < -0.3 is 0 Å². The predicted molar refractivity (Wildman–Crippen MR) is 71.5 cm³/mol. The summed E-state index contributed by atoms with van der Waals surface area (Å²) in [5.74, 6) is 0.426. The molecule has 1 aromatic rings. The molecule has 0 aliphatic carbocycles. The van der Waals surface area contributed by atoms with E-state index in [1.165, 1.54) is 18.2 Å². The van der Waals surface area contributed by atoms with Gasteiger partial charge >= 0.3 is 0 Å². The van der Waals surface area contributed by atoms with Crippen LogP contribution in [0.2, 0.25) is 10.0 Å². The van der Waals surface area contributed by atoms with Crippen molar-refractivity contribution in [3.05, 3.63) is 28.2 Å². The van der Waals surface area contributed by atoms with Gasteiger partial charge in [-0.05, 0) is 24.1 Å². The average molecular weight is 317 g/mol. The van der Waals surface area contributed by atoms with Gasteiger partial charge in [0.1, 0.15) is 4.90 Å². The zero-order valence-electron chi connectivity index (χ0n) is 9.08. The molecule has 7 heteroatoms. The zero-order chi connectivity index (χ0) is 13.1. The third-order valence-electron chi connectivity index (χ3n) is 2.07. The van der Waals surface area contributed by atoms with E-state index in [1.807, 2.05) is 6.92 Å². The number of rotatable bonds is 5. The summed E-state index contributed by atoms with van der Waals surface area (Å²) in [4.78, 5) is -0.0200. The van der Waals surface area contributed by atoms with E-state index in [2.05, 4.69) is 4.72 Å². The van der Waals surface area contributed by atoms with E-state index in [1.54, 1.807) is 0 Å². The van der Waals surface area contributed by atoms with Crippen LogP contribution in [-0.4, -0.2) is 20.8 Å². The Balaban J connectivity index is 2.93. The summed E-state index contributed by atoms with van der Waals surface area (Å²) in [7, 11) is -3.64. The van der Waals surface area contributed by atoms with E-state index < -0.39 is 10.0 Å². The summed E-state index contributed by atoms with van der Waals surface area (Å²) in [5.41, 5.74) is 0. The summed E-state index contributed by atoms with van der Waals surface area (Å²) in [6.07, 6.45) is 0. The molecule has 96 valence electrons. The van der Waals surface area contributed by atoms with Gasteiger partial charge in [0.15, 0.2) is 0 Å². The van der Waals surface area contributed by atoms with Gasteiger partial charge in [-0.3, -0.25) is 0 Å². The maximum atomic E-state index is 11.9. The number of hydrogen-bond donors (Lipinski definition) is 1. The molecule has 1 atom stereocenters. The first-order valence-corrected chi connectivity index (χ1v) is 7.65. The van der Waals surface area contributed by atoms with Crippen molar-refractivity contribution in [2.24, 2.45) is 5.92 Å². The minimum Gasteiger partial charge on any atom is -0.211 e. The van der Waals surface area contributed by atoms with Crippen LogP contribution in [-0.2, 0) is 10.0 Å². The van der Waals surface area contributed by atoms with Crippen molar-refractivity contribution in [2.75, 3.05) is 12.4 Å². The highest BCUT2D eigenvalue weighted by molar-refractivity contribution is 7.89. The van der Waals surface area contributed by atoms with Gasteiger partial charge in [0.05, 0.1) is 5.02 Å². The van der Waals surface area contributed by atoms with Crippen LogP contribution in [0.4, 0.5) is 0 Å². The highest BCUT2D eigenvalue weighted by Crippen LogP contribution is 2.24. The largest absolute Gasteiger partial charge is 0.242 e. The van der Waals surface area contributed by atoms with E-state index in [0.29, 0.717) is 10.9 Å². The third kappa shape index (κ3) is 4.30. The molecule has 0 fully saturated rings. The summed E-state index contributed by atoms with van der Waals surface area (Å²) in [6, 6.07) is 4.30. The van der Waals surface area contributed by atoms with Crippen molar-refractivity contribution < 1.29 is 8.42 Å². The number of nitrogens with one attached hydrogen (secondary N) is 1. The highest BCUT2D eigenvalue weighted by Gasteiger charge is 2.18. The first-order valence-electron chi connectivity index (χ1n) is 4.87. The van der Waals surface area contributed by atoms with E-state index >= 15 is 0 Å². The van der Waals surface area contributed by atoms with Crippen LogP contribution in [0.3, 0.4) is 0 Å². The Hall–Kier alpha value is -0.000000000000000111. The van der Waals surface area contributed by atoms with Crippen molar-refractivity contribution in [3.8, 4) is 0 Å². The Labute approximate surface area is 116 Å². The van der Waals surface area contributed by atoms with Crippen molar-refractivity contribution in [2.45, 2.75) is 11.8 Å². The second-order valence-corrected chi connectivity index (χ2v) is 6.57. The zero-order valence-corrected chi connectivity index (χ0v) is 12.2. The Morgan fingerprint density at radius 3 is 2.59 bits per heavy atom. The molecular formula is C10H12Cl3NO2S. The maximum Gasteiger partial charge on any atom is 0.242 e. The Morgan fingerprint density at radius 2 is 2.00 bits per heavy atom. The van der Waals surface area contributed by atoms with Crippen LogP contribution in [0, 0.1) is 5.92 Å². The second kappa shape index (κ2) is 6.25. The SMILES string of the molecule is CC(CCl)CNS(=O)(=O)c1cc(Cl)ccc1Cl. The monoisotopic (exact) mass is 315 g/mol. The molecule has 17 heavy (non-hydrogen) atoms. The van der Waals surface area contributed by atoms with Gasteiger partial charge in [0.25, 0.3) is 0 Å². The smallest absolute Gasteiger partial charge is 0.211 e. The summed E-state index contributed by atoms with van der Waals surface area (Å²) < 4.78 is 26.3. The van der Waals surface area contributed by atoms with Crippen molar-refractivity contribution >= 4 is 44.8 Å². The molecule has 0 aromatic heterocycles. The topological polar surface area (TPSA) is 46.2 Å². The molecular weight excluding hydrogens is 305 g/mol. The van der Waals surface area contributed by atoms with Crippen molar-refractivity contribution in [1.29, 1.82) is 0 Å². The fourth-order valence-electron chi connectivity index (χ4n) is 1.07. The molecule has 0 spiro atoms. The minimum absolute atomic E-state index is 0.0200. The lowest BCUT2D eigenvalue weighted by Gasteiger charge is -2.11. The van der Waals surface area contributed by atoms with Gasteiger partial charge in [-0.1, -0.05) is 30.1 Å². The van der Waals surface area contributed by atoms with E-state index in [-0.39, 0.29) is 22.4 Å². The van der Waals surface area contributed by atoms with Crippen LogP contribution in [0.1, 0.15) is 6.92 Å². The number of hydrogen-bond acceptors (Lipinski definition) is 2. The highest BCUT2D eigenvalue weighted by atomic mass is 35.5. The number of sulfonamides is 1. The molecule has 1 aromatic carbocycles. The van der Waals surface area contributed by atoms with Crippen LogP contribution in [0.25, 0.3) is 0 Å². The standard InChI is InChI=1S/C10H12Cl3NO2S/c1-7(5-11)6-14-17(15,16)10-4-8(12)2-3-9(10)13/h2-4,7,14H,5-6H2,1H3. The fraction of sp³-hybridized carbons (Fsp3) is 0.400. The quantitative estimate of drug-likeness (QED) is 0.848. The lowest BCUT2D eigenvalue weighted by molar-refractivity contribution is 0.562. The van der Waals surface area contributed by atoms with E-state index in [0.717, 1.165) is 0 Å². The first kappa shape index (κ1) is 15.1. The van der Waals surface area contributed by atoms with Gasteiger partial charge in [0, 0.05) is 17.4 Å². The molecule has 1 rings (SSSR count).